The number of hydrogen-bond donors (Lipinski definition) is 3. The van der Waals surface area contributed by atoms with Crippen LogP contribution < -0.4 is 15.8 Å². The van der Waals surface area contributed by atoms with E-state index in [1.54, 1.807) is 0 Å². The van der Waals surface area contributed by atoms with E-state index in [9.17, 15) is 18.0 Å². The molecule has 4 aromatic rings. The van der Waals surface area contributed by atoms with Crippen molar-refractivity contribution in [1.82, 2.24) is 14.7 Å². The summed E-state index contributed by atoms with van der Waals surface area (Å²) in [6.07, 6.45) is 1.47. The Morgan fingerprint density at radius 2 is 1.55 bits per heavy atom. The van der Waals surface area contributed by atoms with Crippen LogP contribution in [0.25, 0.3) is 22.2 Å². The van der Waals surface area contributed by atoms with E-state index in [-0.39, 0.29) is 16.5 Å². The molecule has 8 heteroatoms. The SMILES string of the molecule is O=c1[nH]c2ccc(S(=O)(=O)NC3CCc4ccc(-c5ccccc5)cc43)cc2[nH]c1=O. The van der Waals surface area contributed by atoms with Crippen LogP contribution in [0.3, 0.4) is 0 Å². The molecule has 1 unspecified atom stereocenters. The molecule has 0 radical (unpaired) electrons. The van der Waals surface area contributed by atoms with E-state index < -0.39 is 21.1 Å². The van der Waals surface area contributed by atoms with Crippen LogP contribution in [0.2, 0.25) is 0 Å². The summed E-state index contributed by atoms with van der Waals surface area (Å²) in [5, 5.41) is 0. The minimum atomic E-state index is -3.84. The highest BCUT2D eigenvalue weighted by Crippen LogP contribution is 2.35. The minimum Gasteiger partial charge on any atom is -0.316 e. The molecule has 0 bridgehead atoms. The van der Waals surface area contributed by atoms with Crippen molar-refractivity contribution in [2.45, 2.75) is 23.8 Å². The Bertz CT molecular complexity index is 1520. The zero-order valence-corrected chi connectivity index (χ0v) is 17.2. The minimum absolute atomic E-state index is 0.0235. The van der Waals surface area contributed by atoms with Crippen LogP contribution in [0.15, 0.2) is 81.2 Å². The largest absolute Gasteiger partial charge is 0.316 e. The maximum Gasteiger partial charge on any atom is 0.314 e. The number of rotatable bonds is 4. The van der Waals surface area contributed by atoms with Crippen molar-refractivity contribution >= 4 is 21.1 Å². The molecule has 0 spiro atoms. The van der Waals surface area contributed by atoms with Crippen LogP contribution in [-0.2, 0) is 16.4 Å². The summed E-state index contributed by atoms with van der Waals surface area (Å²) < 4.78 is 29.0. The first kappa shape index (κ1) is 19.5. The average molecular weight is 433 g/mol. The Hall–Kier alpha value is -3.49. The summed E-state index contributed by atoms with van der Waals surface area (Å²) in [6, 6.07) is 20.0. The van der Waals surface area contributed by atoms with Gasteiger partial charge in [-0.2, -0.15) is 0 Å². The highest BCUT2D eigenvalue weighted by Gasteiger charge is 2.28. The monoisotopic (exact) mass is 433 g/mol. The van der Waals surface area contributed by atoms with Gasteiger partial charge >= 0.3 is 11.1 Å². The van der Waals surface area contributed by atoms with E-state index in [1.165, 1.54) is 18.2 Å². The van der Waals surface area contributed by atoms with E-state index in [0.717, 1.165) is 28.7 Å². The van der Waals surface area contributed by atoms with Gasteiger partial charge < -0.3 is 9.97 Å². The topological polar surface area (TPSA) is 112 Å². The van der Waals surface area contributed by atoms with Crippen LogP contribution in [0.4, 0.5) is 0 Å². The van der Waals surface area contributed by atoms with Crippen molar-refractivity contribution in [2.24, 2.45) is 0 Å². The summed E-state index contributed by atoms with van der Waals surface area (Å²) in [5.41, 5.74) is 3.24. The molecule has 1 aromatic heterocycles. The van der Waals surface area contributed by atoms with Crippen LogP contribution in [0.5, 0.6) is 0 Å². The fourth-order valence-electron chi connectivity index (χ4n) is 4.05. The molecular weight excluding hydrogens is 414 g/mol. The van der Waals surface area contributed by atoms with Crippen molar-refractivity contribution in [3.63, 3.8) is 0 Å². The van der Waals surface area contributed by atoms with E-state index in [0.29, 0.717) is 11.9 Å². The molecule has 156 valence electrons. The van der Waals surface area contributed by atoms with Crippen LogP contribution >= 0.6 is 0 Å². The number of H-pyrrole nitrogens is 2. The number of benzene rings is 3. The Morgan fingerprint density at radius 3 is 2.32 bits per heavy atom. The molecule has 1 heterocycles. The molecule has 0 aliphatic heterocycles. The zero-order valence-electron chi connectivity index (χ0n) is 16.4. The molecule has 3 aromatic carbocycles. The van der Waals surface area contributed by atoms with Gasteiger partial charge in [0, 0.05) is 6.04 Å². The number of nitrogens with one attached hydrogen (secondary N) is 3. The van der Waals surface area contributed by atoms with Crippen molar-refractivity contribution in [3.8, 4) is 11.1 Å². The summed E-state index contributed by atoms with van der Waals surface area (Å²) >= 11 is 0. The molecule has 1 aliphatic carbocycles. The number of aromatic amines is 2. The first-order chi connectivity index (χ1) is 14.9. The molecule has 0 saturated heterocycles. The molecule has 0 amide bonds. The highest BCUT2D eigenvalue weighted by molar-refractivity contribution is 7.89. The van der Waals surface area contributed by atoms with Gasteiger partial charge in [-0.25, -0.2) is 13.1 Å². The maximum atomic E-state index is 13.1. The molecule has 3 N–H and O–H groups in total. The fraction of sp³-hybridized carbons (Fsp3) is 0.130. The molecule has 1 aliphatic rings. The normalized spacial score (nSPS) is 15.8. The summed E-state index contributed by atoms with van der Waals surface area (Å²) in [5.74, 6) is 0. The fourth-order valence-corrected chi connectivity index (χ4v) is 5.33. The van der Waals surface area contributed by atoms with E-state index in [2.05, 4.69) is 26.8 Å². The van der Waals surface area contributed by atoms with Gasteiger partial charge in [0.05, 0.1) is 15.9 Å². The van der Waals surface area contributed by atoms with Crippen LogP contribution in [0.1, 0.15) is 23.6 Å². The van der Waals surface area contributed by atoms with Crippen LogP contribution in [0, 0.1) is 0 Å². The molecular formula is C23H19N3O4S. The second-order valence-electron chi connectivity index (χ2n) is 7.61. The third-order valence-corrected chi connectivity index (χ3v) is 7.10. The second kappa shape index (κ2) is 7.33. The summed E-state index contributed by atoms with van der Waals surface area (Å²) in [4.78, 5) is 27.9. The molecule has 5 rings (SSSR count). The van der Waals surface area contributed by atoms with Crippen LogP contribution in [-0.4, -0.2) is 18.4 Å². The second-order valence-corrected chi connectivity index (χ2v) is 9.32. The predicted octanol–water partition coefficient (Wildman–Crippen LogP) is 2.85. The van der Waals surface area contributed by atoms with Crippen molar-refractivity contribution < 1.29 is 8.42 Å². The van der Waals surface area contributed by atoms with Crippen molar-refractivity contribution in [2.75, 3.05) is 0 Å². The highest BCUT2D eigenvalue weighted by atomic mass is 32.2. The Morgan fingerprint density at radius 1 is 0.806 bits per heavy atom. The van der Waals surface area contributed by atoms with Gasteiger partial charge in [-0.3, -0.25) is 9.59 Å². The lowest BCUT2D eigenvalue weighted by Gasteiger charge is -2.16. The summed E-state index contributed by atoms with van der Waals surface area (Å²) in [7, 11) is -3.84. The number of hydrogen-bond acceptors (Lipinski definition) is 4. The lowest BCUT2D eigenvalue weighted by atomic mass is 10.00. The quantitative estimate of drug-likeness (QED) is 0.430. The molecule has 0 fully saturated rings. The van der Waals surface area contributed by atoms with Gasteiger partial charge in [0.15, 0.2) is 0 Å². The van der Waals surface area contributed by atoms with Crippen molar-refractivity contribution in [3.05, 3.63) is 98.6 Å². The lowest BCUT2D eigenvalue weighted by Crippen LogP contribution is -2.29. The average Bonchev–Trinajstić information content (AvgIpc) is 3.16. The summed E-state index contributed by atoms with van der Waals surface area (Å²) in [6.45, 7) is 0. The van der Waals surface area contributed by atoms with Crippen molar-refractivity contribution in [1.29, 1.82) is 0 Å². The molecule has 7 nitrogen and oxygen atoms in total. The molecule has 1 atom stereocenters. The lowest BCUT2D eigenvalue weighted by molar-refractivity contribution is 0.554. The van der Waals surface area contributed by atoms with E-state index in [4.69, 9.17) is 0 Å². The number of aryl methyl sites for hydroxylation is 1. The Labute approximate surface area is 177 Å². The van der Waals surface area contributed by atoms with E-state index >= 15 is 0 Å². The molecule has 31 heavy (non-hydrogen) atoms. The van der Waals surface area contributed by atoms with Gasteiger partial charge in [-0.15, -0.1) is 0 Å². The Balaban J connectivity index is 1.48. The first-order valence-electron chi connectivity index (χ1n) is 9.88. The zero-order chi connectivity index (χ0) is 21.6. The third kappa shape index (κ3) is 3.60. The third-order valence-electron chi connectivity index (χ3n) is 5.63. The Kier molecular flexibility index (Phi) is 4.60. The van der Waals surface area contributed by atoms with E-state index in [1.807, 2.05) is 36.4 Å². The predicted molar refractivity (Wildman–Crippen MR) is 118 cm³/mol. The molecule has 0 saturated carbocycles. The first-order valence-corrected chi connectivity index (χ1v) is 11.4. The number of fused-ring (bicyclic) bond motifs is 2. The standard InChI is InChI=1S/C23H19N3O4S/c27-22-23(28)25-21-13-17(9-11-20(21)24-22)31(29,30)26-19-10-8-15-6-7-16(12-18(15)19)14-4-2-1-3-5-14/h1-7,9,11-13,19,26H,8,10H2,(H,24,27)(H,25,28). The van der Waals surface area contributed by atoms with Gasteiger partial charge in [0.2, 0.25) is 10.0 Å². The van der Waals surface area contributed by atoms with Gasteiger partial charge in [0.1, 0.15) is 0 Å². The number of aromatic nitrogens is 2. The smallest absolute Gasteiger partial charge is 0.314 e. The maximum absolute atomic E-state index is 13.1. The van der Waals surface area contributed by atoms with Gasteiger partial charge in [0.25, 0.3) is 0 Å². The van der Waals surface area contributed by atoms with Gasteiger partial charge in [-0.1, -0.05) is 42.5 Å². The number of sulfonamides is 1. The van der Waals surface area contributed by atoms with Gasteiger partial charge in [-0.05, 0) is 59.4 Å².